The SMILES string of the molecule is O=C(O)N1CCC(CCN2CCN(c3cccc(C(F)(F)F)c3)CC2)CC1. The summed E-state index contributed by atoms with van der Waals surface area (Å²) in [7, 11) is 0. The van der Waals surface area contributed by atoms with Gasteiger partial charge in [0.05, 0.1) is 5.56 Å². The Hall–Kier alpha value is -1.96. The van der Waals surface area contributed by atoms with Crippen LogP contribution in [0.2, 0.25) is 0 Å². The first-order chi connectivity index (χ1) is 12.8. The Bertz CT molecular complexity index is 637. The van der Waals surface area contributed by atoms with Crippen molar-refractivity contribution >= 4 is 11.8 Å². The zero-order valence-corrected chi connectivity index (χ0v) is 15.3. The number of amides is 1. The van der Waals surface area contributed by atoms with E-state index in [1.54, 1.807) is 6.07 Å². The minimum atomic E-state index is -4.31. The van der Waals surface area contributed by atoms with E-state index in [2.05, 4.69) is 4.90 Å². The number of carbonyl (C=O) groups is 1. The Morgan fingerprint density at radius 3 is 2.33 bits per heavy atom. The number of hydrogen-bond donors (Lipinski definition) is 1. The molecule has 2 aliphatic rings. The zero-order valence-electron chi connectivity index (χ0n) is 15.3. The van der Waals surface area contributed by atoms with Gasteiger partial charge in [-0.2, -0.15) is 13.2 Å². The van der Waals surface area contributed by atoms with Gasteiger partial charge in [-0.15, -0.1) is 0 Å². The van der Waals surface area contributed by atoms with Gasteiger partial charge in [-0.25, -0.2) is 4.79 Å². The molecule has 27 heavy (non-hydrogen) atoms. The fourth-order valence-electron chi connectivity index (χ4n) is 3.89. The van der Waals surface area contributed by atoms with Crippen LogP contribution >= 0.6 is 0 Å². The third kappa shape index (κ3) is 5.28. The van der Waals surface area contributed by atoms with Gasteiger partial charge in [0.2, 0.25) is 0 Å². The van der Waals surface area contributed by atoms with Gasteiger partial charge in [-0.3, -0.25) is 4.90 Å². The minimum Gasteiger partial charge on any atom is -0.465 e. The summed E-state index contributed by atoms with van der Waals surface area (Å²) in [6.07, 6.45) is -2.27. The second-order valence-electron chi connectivity index (χ2n) is 7.38. The highest BCUT2D eigenvalue weighted by molar-refractivity contribution is 5.64. The first-order valence-electron chi connectivity index (χ1n) is 9.45. The van der Waals surface area contributed by atoms with E-state index in [1.807, 2.05) is 4.90 Å². The van der Waals surface area contributed by atoms with Gasteiger partial charge in [0, 0.05) is 45.0 Å². The molecule has 150 valence electrons. The number of carboxylic acid groups (broad SMARTS) is 1. The summed E-state index contributed by atoms with van der Waals surface area (Å²) in [4.78, 5) is 16.8. The van der Waals surface area contributed by atoms with Gasteiger partial charge in [0.25, 0.3) is 0 Å². The highest BCUT2D eigenvalue weighted by Crippen LogP contribution is 2.32. The Kier molecular flexibility index (Phi) is 6.14. The predicted octanol–water partition coefficient (Wildman–Crippen LogP) is 3.61. The number of nitrogens with zero attached hydrogens (tertiary/aromatic N) is 3. The lowest BCUT2D eigenvalue weighted by Gasteiger charge is -2.37. The number of anilines is 1. The van der Waals surface area contributed by atoms with E-state index in [4.69, 9.17) is 5.11 Å². The number of alkyl halides is 3. The van der Waals surface area contributed by atoms with Crippen LogP contribution in [0, 0.1) is 5.92 Å². The van der Waals surface area contributed by atoms with Crippen LogP contribution in [-0.2, 0) is 6.18 Å². The fraction of sp³-hybridized carbons (Fsp3) is 0.632. The zero-order chi connectivity index (χ0) is 19.4. The first kappa shape index (κ1) is 19.8. The maximum Gasteiger partial charge on any atom is 0.416 e. The first-order valence-corrected chi connectivity index (χ1v) is 9.45. The van der Waals surface area contributed by atoms with Crippen molar-refractivity contribution in [3.8, 4) is 0 Å². The number of benzene rings is 1. The number of rotatable bonds is 4. The second kappa shape index (κ2) is 8.37. The van der Waals surface area contributed by atoms with Crippen molar-refractivity contribution in [3.63, 3.8) is 0 Å². The van der Waals surface area contributed by atoms with Gasteiger partial charge < -0.3 is 14.9 Å². The third-order valence-electron chi connectivity index (χ3n) is 5.65. The molecule has 0 atom stereocenters. The van der Waals surface area contributed by atoms with Crippen LogP contribution < -0.4 is 4.90 Å². The normalized spacial score (nSPS) is 20.1. The van der Waals surface area contributed by atoms with Gasteiger partial charge in [-0.1, -0.05) is 6.07 Å². The van der Waals surface area contributed by atoms with Gasteiger partial charge >= 0.3 is 12.3 Å². The maximum atomic E-state index is 12.9. The fourth-order valence-corrected chi connectivity index (χ4v) is 3.89. The number of hydrogen-bond acceptors (Lipinski definition) is 3. The van der Waals surface area contributed by atoms with E-state index in [9.17, 15) is 18.0 Å². The van der Waals surface area contributed by atoms with Crippen molar-refractivity contribution in [2.75, 3.05) is 50.7 Å². The van der Waals surface area contributed by atoms with Crippen LogP contribution in [0.15, 0.2) is 24.3 Å². The molecule has 8 heteroatoms. The highest BCUT2D eigenvalue weighted by atomic mass is 19.4. The van der Waals surface area contributed by atoms with E-state index in [-0.39, 0.29) is 0 Å². The van der Waals surface area contributed by atoms with Crippen LogP contribution in [-0.4, -0.2) is 66.8 Å². The summed E-state index contributed by atoms with van der Waals surface area (Å²) in [6.45, 7) is 5.31. The quantitative estimate of drug-likeness (QED) is 0.860. The van der Waals surface area contributed by atoms with Crippen molar-refractivity contribution in [1.82, 2.24) is 9.80 Å². The lowest BCUT2D eigenvalue weighted by atomic mass is 9.93. The summed E-state index contributed by atoms with van der Waals surface area (Å²) in [5.74, 6) is 0.557. The van der Waals surface area contributed by atoms with Crippen molar-refractivity contribution in [2.24, 2.45) is 5.92 Å². The molecule has 0 bridgehead atoms. The van der Waals surface area contributed by atoms with Gasteiger partial charge in [-0.05, 0) is 49.9 Å². The molecule has 0 aromatic heterocycles. The molecule has 0 unspecified atom stereocenters. The number of piperazine rings is 1. The summed E-state index contributed by atoms with van der Waals surface area (Å²) >= 11 is 0. The molecule has 2 heterocycles. The monoisotopic (exact) mass is 385 g/mol. The van der Waals surface area contributed by atoms with Crippen LogP contribution in [0.25, 0.3) is 0 Å². The summed E-state index contributed by atoms with van der Waals surface area (Å²) in [5.41, 5.74) is 0.0284. The number of halogens is 3. The van der Waals surface area contributed by atoms with E-state index in [0.29, 0.717) is 24.7 Å². The molecule has 1 N–H and O–H groups in total. The topological polar surface area (TPSA) is 47.0 Å². The maximum absolute atomic E-state index is 12.9. The molecule has 0 spiro atoms. The lowest BCUT2D eigenvalue weighted by Crippen LogP contribution is -2.47. The highest BCUT2D eigenvalue weighted by Gasteiger charge is 2.31. The van der Waals surface area contributed by atoms with Gasteiger partial charge in [0.15, 0.2) is 0 Å². The molecule has 0 aliphatic carbocycles. The Labute approximate surface area is 157 Å². The molecule has 1 aromatic carbocycles. The van der Waals surface area contributed by atoms with E-state index in [1.165, 1.54) is 17.0 Å². The van der Waals surface area contributed by atoms with Crippen molar-refractivity contribution < 1.29 is 23.1 Å². The smallest absolute Gasteiger partial charge is 0.416 e. The minimum absolute atomic E-state index is 0.557. The van der Waals surface area contributed by atoms with Crippen molar-refractivity contribution in [1.29, 1.82) is 0 Å². The summed E-state index contributed by atoms with van der Waals surface area (Å²) in [6, 6.07) is 5.54. The van der Waals surface area contributed by atoms with Crippen LogP contribution in [0.3, 0.4) is 0 Å². The molecular formula is C19H26F3N3O2. The Morgan fingerprint density at radius 1 is 1.07 bits per heavy atom. The average molecular weight is 385 g/mol. The van der Waals surface area contributed by atoms with Crippen LogP contribution in [0.5, 0.6) is 0 Å². The summed E-state index contributed by atoms with van der Waals surface area (Å²) < 4.78 is 38.6. The lowest BCUT2D eigenvalue weighted by molar-refractivity contribution is -0.137. The van der Waals surface area contributed by atoms with Crippen molar-refractivity contribution in [3.05, 3.63) is 29.8 Å². The molecule has 5 nitrogen and oxygen atoms in total. The number of likely N-dealkylation sites (tertiary alicyclic amines) is 1. The molecular weight excluding hydrogens is 359 g/mol. The molecule has 0 saturated carbocycles. The van der Waals surface area contributed by atoms with E-state index < -0.39 is 17.8 Å². The van der Waals surface area contributed by atoms with Crippen molar-refractivity contribution in [2.45, 2.75) is 25.4 Å². The number of piperidine rings is 1. The molecule has 0 radical (unpaired) electrons. The molecule has 1 amide bonds. The van der Waals surface area contributed by atoms with E-state index in [0.717, 1.165) is 58.1 Å². The second-order valence-corrected chi connectivity index (χ2v) is 7.38. The van der Waals surface area contributed by atoms with Gasteiger partial charge in [0.1, 0.15) is 0 Å². The average Bonchev–Trinajstić information content (AvgIpc) is 2.66. The molecule has 2 fully saturated rings. The molecule has 2 aliphatic heterocycles. The Morgan fingerprint density at radius 2 is 1.74 bits per heavy atom. The van der Waals surface area contributed by atoms with E-state index >= 15 is 0 Å². The molecule has 3 rings (SSSR count). The third-order valence-corrected chi connectivity index (χ3v) is 5.65. The molecule has 2 saturated heterocycles. The van der Waals surface area contributed by atoms with Crippen LogP contribution in [0.4, 0.5) is 23.7 Å². The largest absolute Gasteiger partial charge is 0.465 e. The Balaban J connectivity index is 1.43. The molecule has 1 aromatic rings. The van der Waals surface area contributed by atoms with Crippen LogP contribution in [0.1, 0.15) is 24.8 Å². The predicted molar refractivity (Wildman–Crippen MR) is 97.0 cm³/mol. The summed E-state index contributed by atoms with van der Waals surface area (Å²) in [5, 5.41) is 8.99. The standard InChI is InChI=1S/C19H26F3N3O2/c20-19(21,22)16-2-1-3-17(14-16)24-12-10-23(11-13-24)7-4-15-5-8-25(9-6-15)18(26)27/h1-3,14-15H,4-13H2,(H,26,27).